The normalized spacial score (nSPS) is 17.9. The molecule has 0 aliphatic carbocycles. The lowest BCUT2D eigenvalue weighted by Gasteiger charge is -2.17. The lowest BCUT2D eigenvalue weighted by Crippen LogP contribution is -2.30. The molecule has 2 N–H and O–H groups in total. The van der Waals surface area contributed by atoms with Gasteiger partial charge in [-0.1, -0.05) is 12.1 Å². The topological polar surface area (TPSA) is 48.1 Å². The molecule has 116 valence electrons. The van der Waals surface area contributed by atoms with Crippen molar-refractivity contribution in [1.29, 1.82) is 0 Å². The molecule has 1 aromatic heterocycles. The van der Waals surface area contributed by atoms with E-state index in [0.29, 0.717) is 11.5 Å². The van der Waals surface area contributed by atoms with Gasteiger partial charge in [-0.05, 0) is 43.6 Å². The Balaban J connectivity index is 1.80. The van der Waals surface area contributed by atoms with Crippen LogP contribution < -0.4 is 5.32 Å². The van der Waals surface area contributed by atoms with Crippen molar-refractivity contribution in [2.75, 3.05) is 26.7 Å². The summed E-state index contributed by atoms with van der Waals surface area (Å²) < 4.78 is 13.1. The first kappa shape index (κ1) is 14.8. The molecule has 1 amide bonds. The van der Waals surface area contributed by atoms with E-state index in [0.717, 1.165) is 37.2 Å². The Bertz CT molecular complexity index is 650. The monoisotopic (exact) mass is 301 g/mol. The SMILES string of the molecule is CNC[C@H]1CCN(C(=O)c2c[nH]cc2-c2ccc(F)cc2)C1. The highest BCUT2D eigenvalue weighted by atomic mass is 19.1. The maximum Gasteiger partial charge on any atom is 0.256 e. The summed E-state index contributed by atoms with van der Waals surface area (Å²) in [6, 6.07) is 6.22. The Morgan fingerprint density at radius 1 is 1.36 bits per heavy atom. The van der Waals surface area contributed by atoms with E-state index in [4.69, 9.17) is 0 Å². The molecule has 3 rings (SSSR count). The zero-order valence-corrected chi connectivity index (χ0v) is 12.6. The van der Waals surface area contributed by atoms with E-state index >= 15 is 0 Å². The average molecular weight is 301 g/mol. The zero-order chi connectivity index (χ0) is 15.5. The van der Waals surface area contributed by atoms with Gasteiger partial charge in [0.05, 0.1) is 5.56 Å². The zero-order valence-electron chi connectivity index (χ0n) is 12.6. The van der Waals surface area contributed by atoms with Crippen LogP contribution in [0.2, 0.25) is 0 Å². The number of halogens is 1. The molecule has 1 aliphatic heterocycles. The smallest absolute Gasteiger partial charge is 0.256 e. The Morgan fingerprint density at radius 2 is 2.14 bits per heavy atom. The predicted octanol–water partition coefficient (Wildman–Crippen LogP) is 2.50. The number of nitrogens with one attached hydrogen (secondary N) is 2. The van der Waals surface area contributed by atoms with Crippen molar-refractivity contribution in [3.8, 4) is 11.1 Å². The van der Waals surface area contributed by atoms with Gasteiger partial charge in [-0.2, -0.15) is 0 Å². The maximum atomic E-state index is 13.1. The van der Waals surface area contributed by atoms with Crippen LogP contribution in [0.5, 0.6) is 0 Å². The van der Waals surface area contributed by atoms with Gasteiger partial charge < -0.3 is 15.2 Å². The standard InChI is InChI=1S/C17H20FN3O/c1-19-8-12-6-7-21(11-12)17(22)16-10-20-9-15(16)13-2-4-14(18)5-3-13/h2-5,9-10,12,19-20H,6-8,11H2,1H3/t12-/m1/s1. The first-order valence-corrected chi connectivity index (χ1v) is 7.55. The van der Waals surface area contributed by atoms with E-state index in [9.17, 15) is 9.18 Å². The molecule has 1 atom stereocenters. The van der Waals surface area contributed by atoms with Crippen LogP contribution in [0.3, 0.4) is 0 Å². The molecule has 0 spiro atoms. The van der Waals surface area contributed by atoms with E-state index in [1.54, 1.807) is 24.5 Å². The molecule has 1 saturated heterocycles. The van der Waals surface area contributed by atoms with Crippen molar-refractivity contribution >= 4 is 5.91 Å². The lowest BCUT2D eigenvalue weighted by molar-refractivity contribution is 0.0788. The van der Waals surface area contributed by atoms with Crippen LogP contribution in [0.15, 0.2) is 36.7 Å². The number of aromatic amines is 1. The van der Waals surface area contributed by atoms with E-state index in [2.05, 4.69) is 10.3 Å². The summed E-state index contributed by atoms with van der Waals surface area (Å²) in [5, 5.41) is 3.17. The third kappa shape index (κ3) is 2.90. The number of likely N-dealkylation sites (tertiary alicyclic amines) is 1. The van der Waals surface area contributed by atoms with Crippen molar-refractivity contribution in [2.24, 2.45) is 5.92 Å². The Labute approximate surface area is 129 Å². The lowest BCUT2D eigenvalue weighted by atomic mass is 10.0. The molecular formula is C17H20FN3O. The highest BCUT2D eigenvalue weighted by Crippen LogP contribution is 2.26. The van der Waals surface area contributed by atoms with Gasteiger partial charge in [0.1, 0.15) is 5.82 Å². The highest BCUT2D eigenvalue weighted by Gasteiger charge is 2.28. The number of hydrogen-bond donors (Lipinski definition) is 2. The molecule has 0 bridgehead atoms. The molecule has 1 aromatic carbocycles. The molecule has 0 unspecified atom stereocenters. The summed E-state index contributed by atoms with van der Waals surface area (Å²) in [4.78, 5) is 17.6. The van der Waals surface area contributed by atoms with Gasteiger partial charge in [-0.25, -0.2) is 4.39 Å². The van der Waals surface area contributed by atoms with Crippen LogP contribution in [0, 0.1) is 11.7 Å². The fourth-order valence-electron chi connectivity index (χ4n) is 3.05. The molecule has 0 radical (unpaired) electrons. The van der Waals surface area contributed by atoms with Crippen molar-refractivity contribution < 1.29 is 9.18 Å². The quantitative estimate of drug-likeness (QED) is 0.911. The molecule has 2 aromatic rings. The van der Waals surface area contributed by atoms with Gasteiger partial charge in [0.2, 0.25) is 0 Å². The summed E-state index contributed by atoms with van der Waals surface area (Å²) in [7, 11) is 1.93. The van der Waals surface area contributed by atoms with E-state index in [-0.39, 0.29) is 11.7 Å². The molecule has 2 heterocycles. The molecule has 1 fully saturated rings. The summed E-state index contributed by atoms with van der Waals surface area (Å²) in [5.41, 5.74) is 2.32. The molecule has 4 nitrogen and oxygen atoms in total. The fourth-order valence-corrected chi connectivity index (χ4v) is 3.05. The number of aromatic nitrogens is 1. The second-order valence-electron chi connectivity index (χ2n) is 5.75. The number of rotatable bonds is 4. The number of carbonyl (C=O) groups excluding carboxylic acids is 1. The van der Waals surface area contributed by atoms with E-state index in [1.807, 2.05) is 11.9 Å². The van der Waals surface area contributed by atoms with Gasteiger partial charge in [0.15, 0.2) is 0 Å². The minimum absolute atomic E-state index is 0.0409. The van der Waals surface area contributed by atoms with Crippen molar-refractivity contribution in [1.82, 2.24) is 15.2 Å². The number of carbonyl (C=O) groups is 1. The van der Waals surface area contributed by atoms with Crippen LogP contribution in [-0.2, 0) is 0 Å². The van der Waals surface area contributed by atoms with Gasteiger partial charge in [0.25, 0.3) is 5.91 Å². The summed E-state index contributed by atoms with van der Waals surface area (Å²) in [6.07, 6.45) is 4.55. The molecule has 5 heteroatoms. The summed E-state index contributed by atoms with van der Waals surface area (Å²) in [6.45, 7) is 2.51. The Kier molecular flexibility index (Phi) is 4.24. The van der Waals surface area contributed by atoms with Gasteiger partial charge >= 0.3 is 0 Å². The van der Waals surface area contributed by atoms with Crippen LogP contribution in [0.4, 0.5) is 4.39 Å². The second kappa shape index (κ2) is 6.32. The molecule has 1 aliphatic rings. The summed E-state index contributed by atoms with van der Waals surface area (Å²) in [5.74, 6) is 0.281. The Hall–Kier alpha value is -2.14. The van der Waals surface area contributed by atoms with Crippen LogP contribution in [0.25, 0.3) is 11.1 Å². The second-order valence-corrected chi connectivity index (χ2v) is 5.75. The predicted molar refractivity (Wildman–Crippen MR) is 84.1 cm³/mol. The number of hydrogen-bond acceptors (Lipinski definition) is 2. The van der Waals surface area contributed by atoms with Gasteiger partial charge in [0, 0.05) is 31.0 Å². The molecule has 22 heavy (non-hydrogen) atoms. The molecule has 0 saturated carbocycles. The fraction of sp³-hybridized carbons (Fsp3) is 0.353. The van der Waals surface area contributed by atoms with Gasteiger partial charge in [-0.15, -0.1) is 0 Å². The van der Waals surface area contributed by atoms with Gasteiger partial charge in [-0.3, -0.25) is 4.79 Å². The first-order chi connectivity index (χ1) is 10.7. The Morgan fingerprint density at radius 3 is 2.86 bits per heavy atom. The third-order valence-electron chi connectivity index (χ3n) is 4.20. The van der Waals surface area contributed by atoms with Crippen molar-refractivity contribution in [3.63, 3.8) is 0 Å². The number of benzene rings is 1. The third-order valence-corrected chi connectivity index (χ3v) is 4.20. The summed E-state index contributed by atoms with van der Waals surface area (Å²) >= 11 is 0. The number of H-pyrrole nitrogens is 1. The largest absolute Gasteiger partial charge is 0.366 e. The molecular weight excluding hydrogens is 281 g/mol. The van der Waals surface area contributed by atoms with Crippen LogP contribution in [-0.4, -0.2) is 42.5 Å². The van der Waals surface area contributed by atoms with E-state index in [1.165, 1.54) is 12.1 Å². The van der Waals surface area contributed by atoms with Crippen molar-refractivity contribution in [2.45, 2.75) is 6.42 Å². The van der Waals surface area contributed by atoms with Crippen LogP contribution >= 0.6 is 0 Å². The van der Waals surface area contributed by atoms with Crippen molar-refractivity contribution in [3.05, 3.63) is 48.0 Å². The maximum absolute atomic E-state index is 13.1. The average Bonchev–Trinajstić information content (AvgIpc) is 3.17. The minimum atomic E-state index is -0.276. The minimum Gasteiger partial charge on any atom is -0.366 e. The highest BCUT2D eigenvalue weighted by molar-refractivity contribution is 6.00. The number of nitrogens with zero attached hydrogens (tertiary/aromatic N) is 1. The van der Waals surface area contributed by atoms with E-state index < -0.39 is 0 Å². The first-order valence-electron chi connectivity index (χ1n) is 7.55. The van der Waals surface area contributed by atoms with Crippen LogP contribution in [0.1, 0.15) is 16.8 Å². The number of amides is 1.